The van der Waals surface area contributed by atoms with Crippen LogP contribution in [0.3, 0.4) is 0 Å². The Kier molecular flexibility index (Phi) is 61.0. The van der Waals surface area contributed by atoms with E-state index >= 15 is 9.59 Å². The summed E-state index contributed by atoms with van der Waals surface area (Å²) in [5.74, 6) is -18.8. The summed E-state index contributed by atoms with van der Waals surface area (Å²) in [4.78, 5) is 212. The SMILES string of the molecule is CCCCCCCCCCCCCC(=O)N[C@@H](CO)C(=O)N[C@H](C(=O)N[C@@H](Cc1ccc(O)cc1)C(=O)N[C@@H](CCCNC(=N)N)C(=O)N[C@@H](CCCNC(=N)N)C(=O)NCC(=O)N[C@@H](C)C(=O)N[C@@H](CCCNC(=N)N)C(=O)N[C@@H](CCCNC(=N)N)C(=O)N[C@@H](Cc1c[nH]c2ccccc12)C(=O)N[C@@H](CCCNC(=N)N)C(=O)N[C@@H](CCCCN)C(=O)N[C@@H](CC(C)C)C(=O)O)[C@@H](C)CC.O=C(O)C(F)(F)F. The van der Waals surface area contributed by atoms with Crippen molar-refractivity contribution in [2.45, 2.75) is 306 Å². The molecule has 0 aliphatic heterocycles. The average Bonchev–Trinajstić information content (AvgIpc) is 1.67. The summed E-state index contributed by atoms with van der Waals surface area (Å²) in [5, 5.41) is 124. The van der Waals surface area contributed by atoms with Crippen LogP contribution in [-0.2, 0) is 84.8 Å². The van der Waals surface area contributed by atoms with Crippen molar-refractivity contribution in [3.8, 4) is 5.75 Å². The molecule has 144 heavy (non-hydrogen) atoms. The third-order valence-corrected chi connectivity index (χ3v) is 22.8. The van der Waals surface area contributed by atoms with E-state index < -0.39 is 216 Å². The number of hydrogen-bond acceptors (Lipinski definition) is 23. The monoisotopic (exact) mass is 2040 g/mol. The molecule has 0 aliphatic carbocycles. The highest BCUT2D eigenvalue weighted by Crippen LogP contribution is 2.22. The number of hydrogen-bond donors (Lipinski definition) is 34. The zero-order chi connectivity index (χ0) is 108. The molecule has 49 nitrogen and oxygen atoms in total. The fourth-order valence-electron chi connectivity index (χ4n) is 14.7. The number of aliphatic hydroxyl groups excluding tert-OH is 1. The molecule has 0 radical (unpaired) electrons. The number of amides is 13. The first-order chi connectivity index (χ1) is 68.1. The van der Waals surface area contributed by atoms with E-state index in [0.717, 1.165) is 32.1 Å². The number of alkyl halides is 3. The van der Waals surface area contributed by atoms with Crippen molar-refractivity contribution in [3.63, 3.8) is 0 Å². The third-order valence-electron chi connectivity index (χ3n) is 22.8. The first-order valence-electron chi connectivity index (χ1n) is 48.6. The Balaban J connectivity index is 0.00000962. The van der Waals surface area contributed by atoms with Crippen LogP contribution in [0.5, 0.6) is 5.75 Å². The number of carboxylic acid groups (broad SMARTS) is 2. The van der Waals surface area contributed by atoms with Crippen molar-refractivity contribution in [1.82, 2.24) is 101 Å². The molecule has 13 amide bonds. The minimum absolute atomic E-state index is 0.00384. The van der Waals surface area contributed by atoms with Gasteiger partial charge in [0.15, 0.2) is 29.8 Å². The Morgan fingerprint density at radius 2 is 0.757 bits per heavy atom. The topological polar surface area (TPSA) is 845 Å². The fourth-order valence-corrected chi connectivity index (χ4v) is 14.7. The van der Waals surface area contributed by atoms with E-state index in [0.29, 0.717) is 47.7 Å². The summed E-state index contributed by atoms with van der Waals surface area (Å²) >= 11 is 0. The Bertz CT molecular complexity index is 4610. The number of halogens is 3. The lowest BCUT2D eigenvalue weighted by Gasteiger charge is -2.29. The lowest BCUT2D eigenvalue weighted by atomic mass is 9.96. The van der Waals surface area contributed by atoms with Gasteiger partial charge in [0.2, 0.25) is 76.8 Å². The molecule has 40 N–H and O–H groups in total. The van der Waals surface area contributed by atoms with E-state index in [1.54, 1.807) is 58.2 Å². The highest BCUT2D eigenvalue weighted by atomic mass is 19.4. The van der Waals surface area contributed by atoms with Gasteiger partial charge in [-0.05, 0) is 151 Å². The highest BCUT2D eigenvalue weighted by molar-refractivity contribution is 6.00. The Morgan fingerprint density at radius 3 is 1.15 bits per heavy atom. The molecule has 808 valence electrons. The van der Waals surface area contributed by atoms with Gasteiger partial charge in [-0.2, -0.15) is 13.2 Å². The second-order valence-electron chi connectivity index (χ2n) is 35.4. The number of rotatable bonds is 71. The molecule has 0 fully saturated rings. The Hall–Kier alpha value is -14.1. The maximum absolute atomic E-state index is 15.1. The molecule has 0 bridgehead atoms. The van der Waals surface area contributed by atoms with Gasteiger partial charge in [-0.1, -0.05) is 136 Å². The average molecular weight is 2040 g/mol. The summed E-state index contributed by atoms with van der Waals surface area (Å²) in [6, 6.07) is -5.10. The van der Waals surface area contributed by atoms with Gasteiger partial charge >= 0.3 is 18.1 Å². The van der Waals surface area contributed by atoms with Gasteiger partial charge in [0.1, 0.15) is 78.3 Å². The molecule has 0 saturated heterocycles. The van der Waals surface area contributed by atoms with Gasteiger partial charge in [-0.25, -0.2) is 9.59 Å². The van der Waals surface area contributed by atoms with E-state index in [2.05, 4.69) is 108 Å². The molecule has 0 saturated carbocycles. The number of H-pyrrole nitrogens is 1. The van der Waals surface area contributed by atoms with Crippen LogP contribution in [0, 0.1) is 38.9 Å². The molecule has 13 atom stereocenters. The van der Waals surface area contributed by atoms with Crippen LogP contribution in [0.2, 0.25) is 0 Å². The summed E-state index contributed by atoms with van der Waals surface area (Å²) < 4.78 is 31.7. The molecular formula is C92H155F3N30O19. The molecule has 3 aromatic rings. The number of aliphatic carboxylic acids is 2. The number of carbonyl (C=O) groups is 15. The number of carboxylic acids is 2. The van der Waals surface area contributed by atoms with Crippen LogP contribution in [0.15, 0.2) is 54.7 Å². The zero-order valence-corrected chi connectivity index (χ0v) is 83.0. The number of fused-ring (bicyclic) bond motifs is 1. The number of aromatic amines is 1. The van der Waals surface area contributed by atoms with E-state index in [4.69, 9.17) is 71.3 Å². The number of para-hydroxylation sites is 1. The number of guanidine groups is 5. The van der Waals surface area contributed by atoms with Crippen molar-refractivity contribution in [1.29, 1.82) is 27.0 Å². The van der Waals surface area contributed by atoms with Crippen molar-refractivity contribution >= 4 is 129 Å². The summed E-state index contributed by atoms with van der Waals surface area (Å²) in [5.41, 5.74) is 35.3. The lowest BCUT2D eigenvalue weighted by molar-refractivity contribution is -0.192. The number of unbranched alkanes of at least 4 members (excludes halogenated alkanes) is 11. The predicted molar refractivity (Wildman–Crippen MR) is 533 cm³/mol. The van der Waals surface area contributed by atoms with Crippen molar-refractivity contribution in [2.75, 3.05) is 52.4 Å². The van der Waals surface area contributed by atoms with Gasteiger partial charge in [0.25, 0.3) is 0 Å². The lowest BCUT2D eigenvalue weighted by Crippen LogP contribution is -2.61. The first kappa shape index (κ1) is 126. The number of aliphatic hydroxyl groups is 1. The first-order valence-corrected chi connectivity index (χ1v) is 48.6. The van der Waals surface area contributed by atoms with Gasteiger partial charge in [-0.15, -0.1) is 0 Å². The number of aromatic hydroxyl groups is 1. The number of nitrogens with two attached hydrogens (primary N) is 6. The largest absolute Gasteiger partial charge is 0.508 e. The van der Waals surface area contributed by atoms with Crippen LogP contribution in [0.4, 0.5) is 13.2 Å². The van der Waals surface area contributed by atoms with Crippen LogP contribution in [0.1, 0.15) is 226 Å². The van der Waals surface area contributed by atoms with E-state index in [1.807, 2.05) is 0 Å². The highest BCUT2D eigenvalue weighted by Gasteiger charge is 2.40. The van der Waals surface area contributed by atoms with Crippen molar-refractivity contribution < 1.29 is 106 Å². The van der Waals surface area contributed by atoms with Gasteiger partial charge < -0.3 is 156 Å². The van der Waals surface area contributed by atoms with Crippen molar-refractivity contribution in [3.05, 3.63) is 65.9 Å². The Labute approximate surface area is 835 Å². The minimum atomic E-state index is -5.08. The quantitative estimate of drug-likeness (QED) is 0.0175. The smallest absolute Gasteiger partial charge is 0.490 e. The molecule has 0 spiro atoms. The van der Waals surface area contributed by atoms with Gasteiger partial charge in [-0.3, -0.25) is 89.4 Å². The van der Waals surface area contributed by atoms with Crippen LogP contribution >= 0.6 is 0 Å². The summed E-state index contributed by atoms with van der Waals surface area (Å²) in [6.07, 6.45) is 8.08. The number of benzene rings is 2. The number of carbonyl (C=O) groups excluding carboxylic acids is 13. The minimum Gasteiger partial charge on any atom is -0.508 e. The van der Waals surface area contributed by atoms with Crippen LogP contribution in [-0.4, -0.2) is 275 Å². The molecule has 0 unspecified atom stereocenters. The molecule has 1 aromatic heterocycles. The van der Waals surface area contributed by atoms with E-state index in [-0.39, 0.29) is 147 Å². The van der Waals surface area contributed by atoms with Gasteiger partial charge in [0.05, 0.1) is 13.2 Å². The number of nitrogens with one attached hydrogen (secondary N) is 24. The molecule has 1 heterocycles. The summed E-state index contributed by atoms with van der Waals surface area (Å²) in [6.45, 7) is 8.92. The number of phenolic OH excluding ortho intramolecular Hbond substituents is 1. The Morgan fingerprint density at radius 1 is 0.396 bits per heavy atom. The normalized spacial score (nSPS) is 13.8. The van der Waals surface area contributed by atoms with Crippen LogP contribution in [0.25, 0.3) is 10.9 Å². The summed E-state index contributed by atoms with van der Waals surface area (Å²) in [7, 11) is 0. The molecule has 3 rings (SSSR count). The fraction of sp³-hybridized carbons (Fsp3) is 0.630. The van der Waals surface area contributed by atoms with E-state index in [9.17, 15) is 86.0 Å². The van der Waals surface area contributed by atoms with Crippen LogP contribution < -0.4 is 130 Å². The second kappa shape index (κ2) is 69.7. The predicted octanol–water partition coefficient (Wildman–Crippen LogP) is -1.44. The molecule has 0 aliphatic rings. The molecule has 52 heteroatoms. The zero-order valence-electron chi connectivity index (χ0n) is 83.0. The second-order valence-corrected chi connectivity index (χ2v) is 35.4. The molecule has 2 aromatic carbocycles. The maximum atomic E-state index is 15.1. The number of phenols is 1. The van der Waals surface area contributed by atoms with Gasteiger partial charge in [0, 0.05) is 69.1 Å². The standard InChI is InChI=1S/C90H154N30O17.C2HF3O2/c1-7-9-10-11-12-13-14-15-16-17-18-36-71(123)110-70(52-121)83(134)120-73(54(5)8-2)84(135)118-67(48-56-37-39-58(122)40-38-56)81(132)115-64(33-25-44-104-88(96)97)77(128)112-61(31-23-42-102-86(92)93)75(126)108-51-72(124)109-55(6)74(125)111-63(32-24-43-103-87(94)95)76(127)114-66(35-27-46-106-90(100)101)79(130)117-68(49-57-50-107-60-29-20-19-28-59(57)60)82(133)116-65(34-26-45-105-89(98)99)78(129)113-62(30-21-22-41-91)80(131)119-69(85(136)137)47-53(3)4;3-2(4,5)1(6)7/h19-20,28-29,37-40,50,53-55,61-70,73,107,121-122H,7-18,21-27,30-36,41-49,51-52,91H2,1-6H3,(H,108,126)(H,109,124)(H,110,123)(H,111,125)(H,112,128)(H,113,129)(H,114,127)(H,115,132)(H,116,133)(H,117,130)(H,118,135)(H,119,131)(H,120,134)(H,136,137)(H4,92,93,102)(H4,94,95,103)(H4,96,97,104)(H4,98,99,105)(H4,100,101,106);(H,6,7)/t54-,55-,61-,62-,63-,64-,65-,66-,67-,68-,69-,70-,73-;/m0./s1. The maximum Gasteiger partial charge on any atom is 0.490 e. The number of aromatic nitrogens is 1. The van der Waals surface area contributed by atoms with Crippen molar-refractivity contribution in [2.24, 2.45) is 46.2 Å². The molecular weight excluding hydrogens is 1890 g/mol. The third kappa shape index (κ3) is 53.7. The van der Waals surface area contributed by atoms with E-state index in [1.165, 1.54) is 63.3 Å².